The first-order valence-electron chi connectivity index (χ1n) is 6.31. The van der Waals surface area contributed by atoms with Crippen LogP contribution in [0, 0.1) is 0 Å². The Labute approximate surface area is 109 Å². The number of hydrogen-bond acceptors (Lipinski definition) is 2. The average molecular weight is 240 g/mol. The van der Waals surface area contributed by atoms with Gasteiger partial charge >= 0.3 is 0 Å². The smallest absolute Gasteiger partial charge is 0.0364 e. The Hall–Kier alpha value is -1.80. The van der Waals surface area contributed by atoms with Crippen LogP contribution in [-0.2, 0) is 6.42 Å². The average Bonchev–Trinajstić information content (AvgIpc) is 2.40. The number of anilines is 1. The van der Waals surface area contributed by atoms with Crippen LogP contribution in [0.5, 0.6) is 0 Å². The lowest BCUT2D eigenvalue weighted by molar-refractivity contribution is 0.655. The molecule has 18 heavy (non-hydrogen) atoms. The monoisotopic (exact) mass is 240 g/mol. The van der Waals surface area contributed by atoms with Gasteiger partial charge in [0.25, 0.3) is 0 Å². The second kappa shape index (κ2) is 6.22. The first-order valence-corrected chi connectivity index (χ1v) is 6.31. The number of benzene rings is 2. The van der Waals surface area contributed by atoms with Crippen molar-refractivity contribution in [3.8, 4) is 0 Å². The maximum absolute atomic E-state index is 6.20. The molecule has 0 unspecified atom stereocenters. The molecular weight excluding hydrogens is 220 g/mol. The number of hydrogen-bond donors (Lipinski definition) is 1. The van der Waals surface area contributed by atoms with Gasteiger partial charge in [-0.3, -0.25) is 0 Å². The van der Waals surface area contributed by atoms with Gasteiger partial charge < -0.3 is 10.6 Å². The van der Waals surface area contributed by atoms with E-state index in [1.54, 1.807) is 0 Å². The zero-order chi connectivity index (χ0) is 12.8. The van der Waals surface area contributed by atoms with Crippen molar-refractivity contribution in [2.75, 3.05) is 18.5 Å². The molecule has 0 saturated carbocycles. The van der Waals surface area contributed by atoms with Gasteiger partial charge in [-0.25, -0.2) is 0 Å². The molecule has 0 aromatic heterocycles. The van der Waals surface area contributed by atoms with Crippen LogP contribution in [0.4, 0.5) is 5.69 Å². The minimum Gasteiger partial charge on any atom is -0.373 e. The highest BCUT2D eigenvalue weighted by Crippen LogP contribution is 2.12. The first kappa shape index (κ1) is 12.7. The molecule has 0 bridgehead atoms. The van der Waals surface area contributed by atoms with Crippen molar-refractivity contribution in [2.45, 2.75) is 12.5 Å². The molecule has 0 fully saturated rings. The van der Waals surface area contributed by atoms with E-state index in [9.17, 15) is 0 Å². The molecule has 0 spiro atoms. The highest BCUT2D eigenvalue weighted by Gasteiger charge is 2.08. The molecule has 0 amide bonds. The number of nitrogens with zero attached hydrogens (tertiary/aromatic N) is 1. The normalized spacial score (nSPS) is 12.1. The summed E-state index contributed by atoms with van der Waals surface area (Å²) >= 11 is 0. The summed E-state index contributed by atoms with van der Waals surface area (Å²) in [6.07, 6.45) is 0.915. The van der Waals surface area contributed by atoms with E-state index in [0.717, 1.165) is 13.0 Å². The Bertz CT molecular complexity index is 453. The lowest BCUT2D eigenvalue weighted by Gasteiger charge is -2.23. The van der Waals surface area contributed by atoms with E-state index in [1.807, 2.05) is 12.1 Å². The molecule has 0 aliphatic heterocycles. The molecule has 2 nitrogen and oxygen atoms in total. The fourth-order valence-electron chi connectivity index (χ4n) is 2.12. The first-order chi connectivity index (χ1) is 8.75. The zero-order valence-electron chi connectivity index (χ0n) is 10.8. The fourth-order valence-corrected chi connectivity index (χ4v) is 2.12. The molecule has 1 atom stereocenters. The molecule has 0 aliphatic carbocycles. The maximum atomic E-state index is 6.20. The van der Waals surface area contributed by atoms with Gasteiger partial charge in [0.2, 0.25) is 0 Å². The second-order valence-corrected chi connectivity index (χ2v) is 4.67. The van der Waals surface area contributed by atoms with Crippen molar-refractivity contribution >= 4 is 5.69 Å². The molecule has 2 N–H and O–H groups in total. The fraction of sp³-hybridized carbons (Fsp3) is 0.250. The molecule has 94 valence electrons. The van der Waals surface area contributed by atoms with E-state index >= 15 is 0 Å². The van der Waals surface area contributed by atoms with E-state index in [-0.39, 0.29) is 6.04 Å². The van der Waals surface area contributed by atoms with Crippen molar-refractivity contribution < 1.29 is 0 Å². The van der Waals surface area contributed by atoms with Crippen LogP contribution in [0.25, 0.3) is 0 Å². The Morgan fingerprint density at radius 2 is 1.50 bits per heavy atom. The maximum Gasteiger partial charge on any atom is 0.0364 e. The van der Waals surface area contributed by atoms with E-state index in [4.69, 9.17) is 5.73 Å². The third-order valence-corrected chi connectivity index (χ3v) is 3.05. The molecule has 0 heterocycles. The van der Waals surface area contributed by atoms with Gasteiger partial charge in [-0.05, 0) is 24.1 Å². The van der Waals surface area contributed by atoms with Gasteiger partial charge in [0.05, 0.1) is 0 Å². The summed E-state index contributed by atoms with van der Waals surface area (Å²) in [7, 11) is 2.08. The highest BCUT2D eigenvalue weighted by atomic mass is 15.1. The predicted molar refractivity (Wildman–Crippen MR) is 77.8 cm³/mol. The topological polar surface area (TPSA) is 29.3 Å². The highest BCUT2D eigenvalue weighted by molar-refractivity contribution is 5.45. The lowest BCUT2D eigenvalue weighted by atomic mass is 10.1. The Balaban J connectivity index is 1.90. The van der Waals surface area contributed by atoms with Crippen molar-refractivity contribution in [3.63, 3.8) is 0 Å². The third-order valence-electron chi connectivity index (χ3n) is 3.05. The van der Waals surface area contributed by atoms with E-state index < -0.39 is 0 Å². The predicted octanol–water partition coefficient (Wildman–Crippen LogP) is 2.69. The summed E-state index contributed by atoms with van der Waals surface area (Å²) in [6, 6.07) is 20.9. The van der Waals surface area contributed by atoms with Crippen molar-refractivity contribution in [2.24, 2.45) is 5.73 Å². The summed E-state index contributed by atoms with van der Waals surface area (Å²) in [4.78, 5) is 2.20. The van der Waals surface area contributed by atoms with Crippen molar-refractivity contribution in [3.05, 3.63) is 66.2 Å². The summed E-state index contributed by atoms with van der Waals surface area (Å²) in [6.45, 7) is 0.860. The summed E-state index contributed by atoms with van der Waals surface area (Å²) in [5.41, 5.74) is 8.71. The van der Waals surface area contributed by atoms with Crippen LogP contribution in [0.1, 0.15) is 5.56 Å². The van der Waals surface area contributed by atoms with Gasteiger partial charge in [-0.2, -0.15) is 0 Å². The summed E-state index contributed by atoms with van der Waals surface area (Å²) in [5, 5.41) is 0. The molecule has 2 aromatic carbocycles. The van der Waals surface area contributed by atoms with Gasteiger partial charge in [0.1, 0.15) is 0 Å². The number of para-hydroxylation sites is 1. The second-order valence-electron chi connectivity index (χ2n) is 4.67. The van der Waals surface area contributed by atoms with Crippen LogP contribution in [0.3, 0.4) is 0 Å². The zero-order valence-corrected chi connectivity index (χ0v) is 10.8. The minimum absolute atomic E-state index is 0.151. The molecule has 2 aromatic rings. The number of nitrogens with two attached hydrogens (primary N) is 1. The van der Waals surface area contributed by atoms with Gasteiger partial charge in [-0.1, -0.05) is 48.5 Å². The quantitative estimate of drug-likeness (QED) is 0.870. The summed E-state index contributed by atoms with van der Waals surface area (Å²) in [5.74, 6) is 0. The molecular formula is C16H20N2. The molecule has 2 heteroatoms. The minimum atomic E-state index is 0.151. The number of likely N-dealkylation sites (N-methyl/N-ethyl adjacent to an activating group) is 1. The molecule has 0 aliphatic rings. The van der Waals surface area contributed by atoms with Gasteiger partial charge in [-0.15, -0.1) is 0 Å². The molecule has 0 radical (unpaired) electrons. The van der Waals surface area contributed by atoms with Gasteiger partial charge in [0.15, 0.2) is 0 Å². The van der Waals surface area contributed by atoms with Crippen molar-refractivity contribution in [1.29, 1.82) is 0 Å². The lowest BCUT2D eigenvalue weighted by Crippen LogP contribution is -2.36. The van der Waals surface area contributed by atoms with E-state index in [2.05, 4.69) is 60.5 Å². The number of rotatable bonds is 5. The SMILES string of the molecule is CN(C[C@@H](N)Cc1ccccc1)c1ccccc1. The third kappa shape index (κ3) is 3.60. The van der Waals surface area contributed by atoms with Crippen LogP contribution in [0.2, 0.25) is 0 Å². The van der Waals surface area contributed by atoms with Gasteiger partial charge in [0, 0.05) is 25.3 Å². The standard InChI is InChI=1S/C16H20N2/c1-18(16-10-6-3-7-11-16)13-15(17)12-14-8-4-2-5-9-14/h2-11,15H,12-13,17H2,1H3/t15-/m0/s1. The van der Waals surface area contributed by atoms with Crippen LogP contribution in [-0.4, -0.2) is 19.6 Å². The molecule has 2 rings (SSSR count). The van der Waals surface area contributed by atoms with Crippen LogP contribution >= 0.6 is 0 Å². The summed E-state index contributed by atoms with van der Waals surface area (Å²) < 4.78 is 0. The Kier molecular flexibility index (Phi) is 4.37. The van der Waals surface area contributed by atoms with Crippen molar-refractivity contribution in [1.82, 2.24) is 0 Å². The van der Waals surface area contributed by atoms with Crippen LogP contribution < -0.4 is 10.6 Å². The largest absolute Gasteiger partial charge is 0.373 e. The molecule has 0 saturated heterocycles. The van der Waals surface area contributed by atoms with E-state index in [1.165, 1.54) is 11.3 Å². The Morgan fingerprint density at radius 3 is 2.11 bits per heavy atom. The Morgan fingerprint density at radius 1 is 0.944 bits per heavy atom. The van der Waals surface area contributed by atoms with E-state index in [0.29, 0.717) is 0 Å². The van der Waals surface area contributed by atoms with Crippen LogP contribution in [0.15, 0.2) is 60.7 Å².